The fourth-order valence-electron chi connectivity index (χ4n) is 2.55. The van der Waals surface area contributed by atoms with E-state index in [9.17, 15) is 14.2 Å². The first-order chi connectivity index (χ1) is 8.61. The van der Waals surface area contributed by atoms with Gasteiger partial charge in [-0.2, -0.15) is 0 Å². The Morgan fingerprint density at radius 3 is 2.89 bits per heavy atom. The second-order valence-electron chi connectivity index (χ2n) is 4.57. The van der Waals surface area contributed by atoms with E-state index >= 15 is 0 Å². The normalized spacial score (nSPS) is 30.7. The summed E-state index contributed by atoms with van der Waals surface area (Å²) in [5.74, 6) is -0.0194. The fraction of sp³-hybridized carbons (Fsp3) is 0.800. The summed E-state index contributed by atoms with van der Waals surface area (Å²) < 4.78 is 11.1. The summed E-state index contributed by atoms with van der Waals surface area (Å²) in [4.78, 5) is 21.7. The number of amides is 2. The summed E-state index contributed by atoms with van der Waals surface area (Å²) in [6.07, 6.45) is 2.44. The molecule has 0 spiro atoms. The van der Waals surface area contributed by atoms with E-state index in [-0.39, 0.29) is 46.7 Å². The van der Waals surface area contributed by atoms with Crippen molar-refractivity contribution in [1.82, 2.24) is 10.6 Å². The van der Waals surface area contributed by atoms with Crippen LogP contribution in [0.5, 0.6) is 0 Å². The van der Waals surface area contributed by atoms with Gasteiger partial charge in [0.05, 0.1) is 0 Å². The van der Waals surface area contributed by atoms with Crippen LogP contribution < -0.4 is 10.6 Å². The number of aliphatic carboxylic acids is 1. The van der Waals surface area contributed by atoms with Gasteiger partial charge in [-0.05, 0) is 0 Å². The second kappa shape index (κ2) is 5.97. The molecule has 2 amide bonds. The number of unbranched alkanes of at least 4 members (excludes halogenated alkanes) is 1. The van der Waals surface area contributed by atoms with E-state index < -0.39 is 5.97 Å². The zero-order valence-electron chi connectivity index (χ0n) is 9.80. The van der Waals surface area contributed by atoms with Gasteiger partial charge in [-0.15, -0.1) is 0 Å². The first-order valence-electron chi connectivity index (χ1n) is 5.94. The van der Waals surface area contributed by atoms with Crippen molar-refractivity contribution in [1.29, 1.82) is 0 Å². The molecule has 102 valence electrons. The van der Waals surface area contributed by atoms with Crippen LogP contribution in [0.3, 0.4) is 0 Å². The third-order valence-electron chi connectivity index (χ3n) is 3.37. The number of carboxylic acids is 1. The predicted molar refractivity (Wildman–Crippen MR) is 69.0 cm³/mol. The molecule has 0 unspecified atom stereocenters. The minimum atomic E-state index is -0.781. The molecule has 0 aromatic heterocycles. The molecule has 2 fully saturated rings. The van der Waals surface area contributed by atoms with E-state index in [1.807, 2.05) is 0 Å². The van der Waals surface area contributed by atoms with E-state index in [0.717, 1.165) is 18.6 Å². The summed E-state index contributed by atoms with van der Waals surface area (Å²) >= 11 is 0. The number of hydrogen-bond donors (Lipinski definition) is 3. The van der Waals surface area contributed by atoms with Gasteiger partial charge in [-0.1, -0.05) is 0 Å². The van der Waals surface area contributed by atoms with Gasteiger partial charge >= 0.3 is 108 Å². The second-order valence-corrected chi connectivity index (χ2v) is 8.31. The Kier molecular flexibility index (Phi) is 4.56. The molecule has 0 saturated carbocycles. The fourth-order valence-corrected chi connectivity index (χ4v) is 6.37. The number of rotatable bonds is 5. The van der Waals surface area contributed by atoms with Gasteiger partial charge in [-0.3, -0.25) is 0 Å². The number of carbonyl (C=O) groups is 2. The first-order valence-corrected chi connectivity index (χ1v) is 8.81. The molecule has 0 aromatic rings. The molecule has 2 aliphatic heterocycles. The number of hydrogen-bond acceptors (Lipinski definition) is 4. The maximum absolute atomic E-state index is 11.2. The Morgan fingerprint density at radius 1 is 1.44 bits per heavy atom. The standard InChI is InChI=1S/C10H16N2O4PS/c13-8(14)4-2-1-3-7-9-6(5-18(7)17-16)11-10(15)12-9/h6-7,9H,1-5H2,(H,13,14)(H2,11,12,15)/q-1/t6-,7-,9-/m0/s1. The Hall–Kier alpha value is -0.680. The van der Waals surface area contributed by atoms with Gasteiger partial charge < -0.3 is 0 Å². The molecule has 2 heterocycles. The molecular weight excluding hydrogens is 275 g/mol. The monoisotopic (exact) mass is 291 g/mol. The average molecular weight is 291 g/mol. The molecule has 0 aliphatic carbocycles. The molecular formula is C10H16N2O4PS-. The molecule has 6 nitrogen and oxygen atoms in total. The van der Waals surface area contributed by atoms with Gasteiger partial charge in [0.25, 0.3) is 0 Å². The number of carbonyl (C=O) groups excluding carboxylic acids is 1. The van der Waals surface area contributed by atoms with Crippen LogP contribution >= 0.6 is 7.03 Å². The predicted octanol–water partition coefficient (Wildman–Crippen LogP) is 0.889. The summed E-state index contributed by atoms with van der Waals surface area (Å²) in [6.45, 7) is 0. The zero-order chi connectivity index (χ0) is 13.1. The first kappa shape index (κ1) is 13.7. The van der Waals surface area contributed by atoms with Crippen LogP contribution in [0.25, 0.3) is 0 Å². The Morgan fingerprint density at radius 2 is 2.22 bits per heavy atom. The van der Waals surface area contributed by atoms with Crippen molar-refractivity contribution in [3.05, 3.63) is 0 Å². The third-order valence-corrected chi connectivity index (χ3v) is 7.33. The molecule has 3 atom stereocenters. The Labute approximate surface area is 108 Å². The average Bonchev–Trinajstić information content (AvgIpc) is 2.80. The topological polar surface area (TPSA) is 95.5 Å². The molecule has 0 radical (unpaired) electrons. The molecule has 18 heavy (non-hydrogen) atoms. The Balaban J connectivity index is 1.92. The summed E-state index contributed by atoms with van der Waals surface area (Å²) in [7, 11) is -0.0664. The Bertz CT molecular complexity index is 488. The molecule has 2 aliphatic rings. The number of nitrogens with one attached hydrogen (secondary N) is 2. The van der Waals surface area contributed by atoms with Crippen molar-refractivity contribution in [3.63, 3.8) is 0 Å². The molecule has 8 heteroatoms. The van der Waals surface area contributed by atoms with E-state index in [1.165, 1.54) is 0 Å². The van der Waals surface area contributed by atoms with Crippen molar-refractivity contribution in [3.8, 4) is 0 Å². The number of fused-ring (bicyclic) bond motifs is 1. The van der Waals surface area contributed by atoms with Gasteiger partial charge in [-0.25, -0.2) is 0 Å². The van der Waals surface area contributed by atoms with Crippen LogP contribution in [0.1, 0.15) is 25.7 Å². The third kappa shape index (κ3) is 3.01. The number of carboxylic acid groups (broad SMARTS) is 1. The molecule has 0 aromatic carbocycles. The van der Waals surface area contributed by atoms with Crippen LogP contribution in [-0.4, -0.2) is 40.2 Å². The summed E-state index contributed by atoms with van der Waals surface area (Å²) in [5, 5.41) is 14.5. The SMILES string of the molecule is O=P#[S-]1C[C@@H]2NC(=O)N[C@@H]2[C@@H]1CCCCC(=O)O. The van der Waals surface area contributed by atoms with Gasteiger partial charge in [0.2, 0.25) is 0 Å². The van der Waals surface area contributed by atoms with Crippen LogP contribution in [0.4, 0.5) is 4.79 Å². The van der Waals surface area contributed by atoms with Crippen molar-refractivity contribution < 1.29 is 19.3 Å². The molecule has 2 rings (SSSR count). The van der Waals surface area contributed by atoms with Gasteiger partial charge in [0.1, 0.15) is 0 Å². The van der Waals surface area contributed by atoms with E-state index in [0.29, 0.717) is 6.42 Å². The van der Waals surface area contributed by atoms with E-state index in [2.05, 4.69) is 10.6 Å². The van der Waals surface area contributed by atoms with Gasteiger partial charge in [0, 0.05) is 0 Å². The van der Waals surface area contributed by atoms with E-state index in [4.69, 9.17) is 5.11 Å². The zero-order valence-corrected chi connectivity index (χ0v) is 11.5. The van der Waals surface area contributed by atoms with Crippen molar-refractivity contribution in [2.45, 2.75) is 43.0 Å². The van der Waals surface area contributed by atoms with E-state index in [1.54, 1.807) is 0 Å². The van der Waals surface area contributed by atoms with Gasteiger partial charge in [0.15, 0.2) is 0 Å². The van der Waals surface area contributed by atoms with Crippen molar-refractivity contribution >= 4 is 28.9 Å². The molecule has 3 N–H and O–H groups in total. The summed E-state index contributed by atoms with van der Waals surface area (Å²) in [6, 6.07) is 0.00483. The van der Waals surface area contributed by atoms with Crippen LogP contribution in [-0.2, 0) is 19.2 Å². The van der Waals surface area contributed by atoms with Crippen LogP contribution in [0, 0.1) is 0 Å². The molecule has 0 bridgehead atoms. The van der Waals surface area contributed by atoms with Crippen LogP contribution in [0.15, 0.2) is 0 Å². The quantitative estimate of drug-likeness (QED) is 0.303. The molecule has 2 saturated heterocycles. The minimum absolute atomic E-state index is 0.0621. The summed E-state index contributed by atoms with van der Waals surface area (Å²) in [5.41, 5.74) is 0. The van der Waals surface area contributed by atoms with Crippen molar-refractivity contribution in [2.24, 2.45) is 0 Å². The maximum atomic E-state index is 11.2. The van der Waals surface area contributed by atoms with Crippen LogP contribution in [0.2, 0.25) is 0 Å². The number of urea groups is 1. The van der Waals surface area contributed by atoms with Crippen molar-refractivity contribution in [2.75, 3.05) is 5.75 Å².